The van der Waals surface area contributed by atoms with Gasteiger partial charge in [0, 0.05) is 5.56 Å². The Labute approximate surface area is 102 Å². The number of primary amides is 1. The quantitative estimate of drug-likeness (QED) is 0.697. The molecule has 0 aliphatic heterocycles. The van der Waals surface area contributed by atoms with Gasteiger partial charge in [-0.3, -0.25) is 4.79 Å². The van der Waals surface area contributed by atoms with E-state index in [0.29, 0.717) is 0 Å². The second-order valence-electron chi connectivity index (χ2n) is 3.60. The van der Waals surface area contributed by atoms with E-state index in [0.717, 1.165) is 0 Å². The normalized spacial score (nSPS) is 14.3. The summed E-state index contributed by atoms with van der Waals surface area (Å²) in [6.07, 6.45) is -3.50. The average molecular weight is 261 g/mol. The van der Waals surface area contributed by atoms with Gasteiger partial charge in [0.15, 0.2) is 0 Å². The number of benzene rings is 1. The minimum atomic E-state index is -3.05. The first-order valence-electron chi connectivity index (χ1n) is 5.10. The van der Waals surface area contributed by atoms with Crippen molar-refractivity contribution in [1.82, 2.24) is 0 Å². The maximum Gasteiger partial charge on any atom is 0.387 e. The van der Waals surface area contributed by atoms with E-state index in [1.807, 2.05) is 0 Å². The molecule has 5 nitrogen and oxygen atoms in total. The Bertz CT molecular complexity index is 414. The zero-order chi connectivity index (χ0) is 13.7. The number of ether oxygens (including phenoxy) is 1. The minimum Gasteiger partial charge on any atom is -0.434 e. The Balaban J connectivity index is 2.90. The van der Waals surface area contributed by atoms with Gasteiger partial charge in [-0.2, -0.15) is 8.78 Å². The van der Waals surface area contributed by atoms with Gasteiger partial charge < -0.3 is 20.7 Å². The molecule has 0 fully saturated rings. The molecule has 0 heterocycles. The summed E-state index contributed by atoms with van der Waals surface area (Å²) in [7, 11) is 0. The molecule has 0 aliphatic carbocycles. The van der Waals surface area contributed by atoms with Crippen molar-refractivity contribution >= 4 is 5.91 Å². The molecule has 1 rings (SSSR count). The Hall–Kier alpha value is -1.73. The number of nitrogens with two attached hydrogens (primary N) is 1. The van der Waals surface area contributed by atoms with Crippen molar-refractivity contribution in [3.8, 4) is 5.75 Å². The molecule has 18 heavy (non-hydrogen) atoms. The molecule has 0 saturated heterocycles. The molecule has 1 aromatic rings. The van der Waals surface area contributed by atoms with Crippen LogP contribution < -0.4 is 10.5 Å². The predicted octanol–water partition coefficient (Wildman–Crippen LogP) is 0.558. The second-order valence-corrected chi connectivity index (χ2v) is 3.60. The third-order valence-electron chi connectivity index (χ3n) is 2.23. The molecular weight excluding hydrogens is 248 g/mol. The van der Waals surface area contributed by atoms with Crippen LogP contribution in [0.5, 0.6) is 5.75 Å². The number of hydrogen-bond acceptors (Lipinski definition) is 4. The number of carbonyl (C=O) groups excluding carboxylic acids is 1. The highest BCUT2D eigenvalue weighted by molar-refractivity contribution is 5.74. The molecule has 0 aromatic heterocycles. The lowest BCUT2D eigenvalue weighted by Gasteiger charge is -2.19. The van der Waals surface area contributed by atoms with E-state index < -0.39 is 31.1 Å². The molecule has 1 aromatic carbocycles. The van der Waals surface area contributed by atoms with Crippen LogP contribution in [0.2, 0.25) is 0 Å². The van der Waals surface area contributed by atoms with Crippen LogP contribution in [0.25, 0.3) is 0 Å². The lowest BCUT2D eigenvalue weighted by molar-refractivity contribution is -0.121. The van der Waals surface area contributed by atoms with Crippen LogP contribution in [-0.2, 0) is 4.79 Å². The lowest BCUT2D eigenvalue weighted by atomic mass is 10.0. The van der Waals surface area contributed by atoms with Crippen molar-refractivity contribution in [2.45, 2.75) is 25.2 Å². The van der Waals surface area contributed by atoms with Gasteiger partial charge in [-0.15, -0.1) is 0 Å². The van der Waals surface area contributed by atoms with Crippen molar-refractivity contribution < 1.29 is 28.5 Å². The number of aliphatic hydroxyl groups is 2. The largest absolute Gasteiger partial charge is 0.434 e. The number of rotatable bonds is 6. The standard InChI is InChI=1S/C11H13F2NO4/c12-11(13)18-8-4-2-1-3-6(8)10(17)7(15)5-9(14)16/h1-4,7,10-11,15,17H,5H2,(H2,14,16). The maximum absolute atomic E-state index is 12.1. The van der Waals surface area contributed by atoms with Crippen molar-refractivity contribution in [1.29, 1.82) is 0 Å². The van der Waals surface area contributed by atoms with Gasteiger partial charge in [-0.05, 0) is 6.07 Å². The zero-order valence-corrected chi connectivity index (χ0v) is 9.29. The molecule has 4 N–H and O–H groups in total. The molecule has 100 valence electrons. The summed E-state index contributed by atoms with van der Waals surface area (Å²) in [5, 5.41) is 19.3. The van der Waals surface area contributed by atoms with Crippen LogP contribution in [0.3, 0.4) is 0 Å². The van der Waals surface area contributed by atoms with Gasteiger partial charge in [0.25, 0.3) is 0 Å². The third kappa shape index (κ3) is 3.94. The van der Waals surface area contributed by atoms with Crippen LogP contribution in [0.1, 0.15) is 18.1 Å². The molecule has 0 saturated carbocycles. The van der Waals surface area contributed by atoms with Crippen LogP contribution in [-0.4, -0.2) is 28.8 Å². The first-order chi connectivity index (χ1) is 8.41. The molecule has 0 spiro atoms. The van der Waals surface area contributed by atoms with Crippen molar-refractivity contribution in [2.24, 2.45) is 5.73 Å². The molecule has 0 bridgehead atoms. The Morgan fingerprint density at radius 1 is 1.33 bits per heavy atom. The molecule has 2 unspecified atom stereocenters. The topological polar surface area (TPSA) is 92.8 Å². The summed E-state index contributed by atoms with van der Waals surface area (Å²) in [5.74, 6) is -1.07. The van der Waals surface area contributed by atoms with E-state index in [1.165, 1.54) is 24.3 Å². The maximum atomic E-state index is 12.1. The van der Waals surface area contributed by atoms with Crippen molar-refractivity contribution in [3.63, 3.8) is 0 Å². The van der Waals surface area contributed by atoms with E-state index in [9.17, 15) is 23.8 Å². The summed E-state index contributed by atoms with van der Waals surface area (Å²) in [5.41, 5.74) is 4.83. The number of hydrogen-bond donors (Lipinski definition) is 3. The van der Waals surface area contributed by atoms with Gasteiger partial charge in [0.2, 0.25) is 5.91 Å². The van der Waals surface area contributed by atoms with Crippen molar-refractivity contribution in [2.75, 3.05) is 0 Å². The van der Waals surface area contributed by atoms with Gasteiger partial charge in [-0.25, -0.2) is 0 Å². The highest BCUT2D eigenvalue weighted by Crippen LogP contribution is 2.29. The Kier molecular flexibility index (Phi) is 4.99. The lowest BCUT2D eigenvalue weighted by Crippen LogP contribution is -2.26. The molecule has 2 atom stereocenters. The van der Waals surface area contributed by atoms with E-state index in [1.54, 1.807) is 0 Å². The van der Waals surface area contributed by atoms with Gasteiger partial charge >= 0.3 is 6.61 Å². The first-order valence-corrected chi connectivity index (χ1v) is 5.10. The second kappa shape index (κ2) is 6.27. The fraction of sp³-hybridized carbons (Fsp3) is 0.364. The fourth-order valence-electron chi connectivity index (χ4n) is 1.45. The molecular formula is C11H13F2NO4. The van der Waals surface area contributed by atoms with Gasteiger partial charge in [-0.1, -0.05) is 18.2 Å². The van der Waals surface area contributed by atoms with Crippen LogP contribution >= 0.6 is 0 Å². The highest BCUT2D eigenvalue weighted by Gasteiger charge is 2.24. The number of halogens is 2. The average Bonchev–Trinajstić information content (AvgIpc) is 2.27. The summed E-state index contributed by atoms with van der Waals surface area (Å²) in [4.78, 5) is 10.6. The van der Waals surface area contributed by atoms with E-state index in [2.05, 4.69) is 4.74 Å². The number of carbonyl (C=O) groups is 1. The smallest absolute Gasteiger partial charge is 0.387 e. The highest BCUT2D eigenvalue weighted by atomic mass is 19.3. The van der Waals surface area contributed by atoms with E-state index in [-0.39, 0.29) is 11.3 Å². The minimum absolute atomic E-state index is 0.0356. The Morgan fingerprint density at radius 3 is 2.50 bits per heavy atom. The Morgan fingerprint density at radius 2 is 1.94 bits per heavy atom. The predicted molar refractivity (Wildman–Crippen MR) is 57.9 cm³/mol. The summed E-state index contributed by atoms with van der Waals surface area (Å²) >= 11 is 0. The number of para-hydroxylation sites is 1. The van der Waals surface area contributed by atoms with E-state index in [4.69, 9.17) is 5.73 Å². The van der Waals surface area contributed by atoms with Crippen molar-refractivity contribution in [3.05, 3.63) is 29.8 Å². The fourth-order valence-corrected chi connectivity index (χ4v) is 1.45. The van der Waals surface area contributed by atoms with Crippen LogP contribution in [0.4, 0.5) is 8.78 Å². The summed E-state index contributed by atoms with van der Waals surface area (Å²) in [6, 6.07) is 5.45. The van der Waals surface area contributed by atoms with Gasteiger partial charge in [0.05, 0.1) is 12.5 Å². The summed E-state index contributed by atoms with van der Waals surface area (Å²) in [6.45, 7) is -3.05. The SMILES string of the molecule is NC(=O)CC(O)C(O)c1ccccc1OC(F)F. The first kappa shape index (κ1) is 14.3. The monoisotopic (exact) mass is 261 g/mol. The molecule has 0 aliphatic rings. The van der Waals surface area contributed by atoms with Crippen LogP contribution in [0, 0.1) is 0 Å². The van der Waals surface area contributed by atoms with Crippen LogP contribution in [0.15, 0.2) is 24.3 Å². The zero-order valence-electron chi connectivity index (χ0n) is 9.29. The number of aliphatic hydroxyl groups excluding tert-OH is 2. The number of amides is 1. The molecule has 1 amide bonds. The number of alkyl halides is 2. The third-order valence-corrected chi connectivity index (χ3v) is 2.23. The summed E-state index contributed by atoms with van der Waals surface area (Å²) < 4.78 is 28.5. The van der Waals surface area contributed by atoms with E-state index >= 15 is 0 Å². The van der Waals surface area contributed by atoms with Gasteiger partial charge in [0.1, 0.15) is 11.9 Å². The molecule has 0 radical (unpaired) electrons. The molecule has 7 heteroatoms.